The van der Waals surface area contributed by atoms with Crippen molar-refractivity contribution < 1.29 is 4.74 Å². The Hall–Kier alpha value is -0.860. The molecule has 2 fully saturated rings. The van der Waals surface area contributed by atoms with Crippen LogP contribution in [0.4, 0.5) is 0 Å². The Morgan fingerprint density at radius 2 is 2.15 bits per heavy atom. The monoisotopic (exact) mass is 271 g/mol. The van der Waals surface area contributed by atoms with Crippen LogP contribution in [0, 0.1) is 11.8 Å². The van der Waals surface area contributed by atoms with Gasteiger partial charge in [0.2, 0.25) is 0 Å². The minimum Gasteiger partial charge on any atom is -0.369 e. The lowest BCUT2D eigenvalue weighted by atomic mass is 9.74. The van der Waals surface area contributed by atoms with Gasteiger partial charge in [-0.05, 0) is 36.3 Å². The number of benzene rings is 1. The summed E-state index contributed by atoms with van der Waals surface area (Å²) in [7, 11) is 0. The van der Waals surface area contributed by atoms with Crippen LogP contribution in [0.15, 0.2) is 24.3 Å². The van der Waals surface area contributed by atoms with E-state index in [2.05, 4.69) is 43.0 Å². The third-order valence-electron chi connectivity index (χ3n) is 5.53. The zero-order chi connectivity index (χ0) is 13.7. The molecule has 0 aromatic heterocycles. The Labute approximate surface area is 122 Å². The molecule has 108 valence electrons. The molecule has 0 aliphatic carbocycles. The Morgan fingerprint density at radius 3 is 2.90 bits per heavy atom. The zero-order valence-electron chi connectivity index (χ0n) is 12.6. The van der Waals surface area contributed by atoms with Gasteiger partial charge in [0.15, 0.2) is 0 Å². The van der Waals surface area contributed by atoms with Gasteiger partial charge in [-0.3, -0.25) is 4.90 Å². The summed E-state index contributed by atoms with van der Waals surface area (Å²) >= 11 is 0. The standard InChI is InChI=1S/C18H25NO/c1-13(2)9-15-11-19-8-7-14-5-3-4-6-16(14)17(19)10-18(15)12-20-18/h3-6,13,15,17H,7-12H2,1-2H3. The minimum absolute atomic E-state index is 0.218. The van der Waals surface area contributed by atoms with E-state index in [9.17, 15) is 0 Å². The number of nitrogens with zero attached hydrogens (tertiary/aromatic N) is 1. The van der Waals surface area contributed by atoms with Crippen molar-refractivity contribution in [3.63, 3.8) is 0 Å². The van der Waals surface area contributed by atoms with Gasteiger partial charge in [-0.1, -0.05) is 38.1 Å². The molecular formula is C18H25NO. The lowest BCUT2D eigenvalue weighted by molar-refractivity contribution is 0.0225. The van der Waals surface area contributed by atoms with Crippen molar-refractivity contribution in [3.8, 4) is 0 Å². The molecule has 0 N–H and O–H groups in total. The number of hydrogen-bond acceptors (Lipinski definition) is 2. The second kappa shape index (κ2) is 4.57. The highest BCUT2D eigenvalue weighted by Gasteiger charge is 2.57. The molecule has 2 saturated heterocycles. The first-order chi connectivity index (χ1) is 9.68. The molecule has 1 aromatic carbocycles. The van der Waals surface area contributed by atoms with Crippen LogP contribution >= 0.6 is 0 Å². The summed E-state index contributed by atoms with van der Waals surface area (Å²) in [6.45, 7) is 8.14. The highest BCUT2D eigenvalue weighted by molar-refractivity contribution is 5.34. The zero-order valence-corrected chi connectivity index (χ0v) is 12.6. The average Bonchev–Trinajstić information content (AvgIpc) is 3.20. The molecule has 0 radical (unpaired) electrons. The molecule has 0 bridgehead atoms. The van der Waals surface area contributed by atoms with E-state index in [-0.39, 0.29) is 5.60 Å². The summed E-state index contributed by atoms with van der Waals surface area (Å²) in [6.07, 6.45) is 3.74. The fourth-order valence-corrected chi connectivity index (χ4v) is 4.41. The normalized spacial score (nSPS) is 36.0. The maximum absolute atomic E-state index is 5.99. The van der Waals surface area contributed by atoms with Gasteiger partial charge in [0, 0.05) is 25.0 Å². The van der Waals surface area contributed by atoms with Crippen molar-refractivity contribution in [2.75, 3.05) is 19.7 Å². The van der Waals surface area contributed by atoms with Crippen LogP contribution in [-0.4, -0.2) is 30.2 Å². The van der Waals surface area contributed by atoms with Crippen LogP contribution < -0.4 is 0 Å². The Bertz CT molecular complexity index is 506. The first kappa shape index (κ1) is 12.8. The lowest BCUT2D eigenvalue weighted by Gasteiger charge is -2.46. The number of rotatable bonds is 2. The van der Waals surface area contributed by atoms with Crippen LogP contribution in [0.5, 0.6) is 0 Å². The van der Waals surface area contributed by atoms with Crippen LogP contribution in [0.2, 0.25) is 0 Å². The second-order valence-corrected chi connectivity index (χ2v) is 7.34. The fraction of sp³-hybridized carbons (Fsp3) is 0.667. The van der Waals surface area contributed by atoms with E-state index in [0.29, 0.717) is 6.04 Å². The molecule has 0 saturated carbocycles. The molecule has 0 amide bonds. The van der Waals surface area contributed by atoms with E-state index in [1.54, 1.807) is 11.1 Å². The van der Waals surface area contributed by atoms with Crippen molar-refractivity contribution in [2.45, 2.75) is 44.8 Å². The number of epoxide rings is 1. The highest BCUT2D eigenvalue weighted by Crippen LogP contribution is 2.52. The number of ether oxygens (including phenoxy) is 1. The Balaban J connectivity index is 1.62. The summed E-state index contributed by atoms with van der Waals surface area (Å²) in [4.78, 5) is 2.72. The number of hydrogen-bond donors (Lipinski definition) is 0. The van der Waals surface area contributed by atoms with E-state index in [1.807, 2.05) is 0 Å². The fourth-order valence-electron chi connectivity index (χ4n) is 4.41. The predicted molar refractivity (Wildman–Crippen MR) is 80.7 cm³/mol. The predicted octanol–water partition coefficient (Wildman–Crippen LogP) is 3.42. The Kier molecular flexibility index (Phi) is 2.94. The summed E-state index contributed by atoms with van der Waals surface area (Å²) in [5.74, 6) is 1.51. The maximum Gasteiger partial charge on any atom is 0.0974 e. The van der Waals surface area contributed by atoms with Crippen molar-refractivity contribution in [1.29, 1.82) is 0 Å². The number of piperidine rings is 1. The summed E-state index contributed by atoms with van der Waals surface area (Å²) in [6, 6.07) is 9.63. The van der Waals surface area contributed by atoms with Gasteiger partial charge in [0.25, 0.3) is 0 Å². The van der Waals surface area contributed by atoms with Gasteiger partial charge in [0.1, 0.15) is 0 Å². The van der Waals surface area contributed by atoms with Gasteiger partial charge in [-0.15, -0.1) is 0 Å². The summed E-state index contributed by atoms with van der Waals surface area (Å²) in [5.41, 5.74) is 3.35. The highest BCUT2D eigenvalue weighted by atomic mass is 16.6. The van der Waals surface area contributed by atoms with E-state index in [0.717, 1.165) is 18.4 Å². The molecule has 1 spiro atoms. The van der Waals surface area contributed by atoms with E-state index in [4.69, 9.17) is 4.74 Å². The largest absolute Gasteiger partial charge is 0.369 e. The van der Waals surface area contributed by atoms with Crippen LogP contribution in [-0.2, 0) is 11.2 Å². The van der Waals surface area contributed by atoms with Crippen LogP contribution in [0.1, 0.15) is 43.9 Å². The minimum atomic E-state index is 0.218. The second-order valence-electron chi connectivity index (χ2n) is 7.34. The average molecular weight is 271 g/mol. The smallest absolute Gasteiger partial charge is 0.0974 e. The molecule has 4 rings (SSSR count). The van der Waals surface area contributed by atoms with Gasteiger partial charge in [0.05, 0.1) is 12.2 Å². The van der Waals surface area contributed by atoms with E-state index in [1.165, 1.54) is 32.4 Å². The van der Waals surface area contributed by atoms with Crippen LogP contribution in [0.25, 0.3) is 0 Å². The van der Waals surface area contributed by atoms with Crippen LogP contribution in [0.3, 0.4) is 0 Å². The van der Waals surface area contributed by atoms with E-state index < -0.39 is 0 Å². The Morgan fingerprint density at radius 1 is 1.35 bits per heavy atom. The third kappa shape index (κ3) is 2.01. The van der Waals surface area contributed by atoms with Crippen molar-refractivity contribution in [3.05, 3.63) is 35.4 Å². The van der Waals surface area contributed by atoms with Gasteiger partial charge < -0.3 is 4.74 Å². The lowest BCUT2D eigenvalue weighted by Crippen LogP contribution is -2.50. The number of fused-ring (bicyclic) bond motifs is 3. The molecule has 1 aromatic rings. The molecule has 2 nitrogen and oxygen atoms in total. The van der Waals surface area contributed by atoms with Gasteiger partial charge in [-0.2, -0.15) is 0 Å². The molecule has 3 atom stereocenters. The molecular weight excluding hydrogens is 246 g/mol. The topological polar surface area (TPSA) is 15.8 Å². The summed E-state index contributed by atoms with van der Waals surface area (Å²) < 4.78 is 5.99. The molecule has 2 heteroatoms. The van der Waals surface area contributed by atoms with Crippen molar-refractivity contribution >= 4 is 0 Å². The molecule has 20 heavy (non-hydrogen) atoms. The van der Waals surface area contributed by atoms with E-state index >= 15 is 0 Å². The first-order valence-electron chi connectivity index (χ1n) is 8.14. The molecule has 3 heterocycles. The van der Waals surface area contributed by atoms with Gasteiger partial charge >= 0.3 is 0 Å². The first-order valence-corrected chi connectivity index (χ1v) is 8.14. The quantitative estimate of drug-likeness (QED) is 0.766. The summed E-state index contributed by atoms with van der Waals surface area (Å²) in [5, 5.41) is 0. The molecule has 3 aliphatic heterocycles. The third-order valence-corrected chi connectivity index (χ3v) is 5.53. The van der Waals surface area contributed by atoms with Crippen molar-refractivity contribution in [1.82, 2.24) is 4.90 Å². The SMILES string of the molecule is CC(C)CC1CN2CCc3ccccc3C2CC12CO2. The van der Waals surface area contributed by atoms with Gasteiger partial charge in [-0.25, -0.2) is 0 Å². The molecule has 3 aliphatic rings. The van der Waals surface area contributed by atoms with Crippen molar-refractivity contribution in [2.24, 2.45) is 11.8 Å². The maximum atomic E-state index is 5.99. The molecule has 3 unspecified atom stereocenters.